The average molecular weight is 497 g/mol. The molecule has 1 N–H and O–H groups in total. The van der Waals surface area contributed by atoms with Crippen LogP contribution in [-0.2, 0) is 27.0 Å². The van der Waals surface area contributed by atoms with Gasteiger partial charge in [0.1, 0.15) is 11.3 Å². The number of methoxy groups -OCH3 is 1. The van der Waals surface area contributed by atoms with Gasteiger partial charge in [0.15, 0.2) is 5.69 Å². The van der Waals surface area contributed by atoms with Gasteiger partial charge in [-0.3, -0.25) is 14.2 Å². The minimum Gasteiger partial charge on any atom is -0.465 e. The molecule has 1 amide bonds. The number of esters is 1. The standard InChI is InChI=1S/C21H16ClF3N4O5/c1-11(4-15(18(30)27-2)20(32)33-3)9-29-10-28-17(21(23,24)25)16(19(29)31)34-14-6-12(8-26)5-13(22)7-14/h4-7,10H,1,9H2,2-3H3,(H,27,30)/b15-4+. The number of rotatable bonds is 7. The highest BCUT2D eigenvalue weighted by atomic mass is 35.5. The third-order valence-electron chi connectivity index (χ3n) is 4.08. The Hall–Kier alpha value is -4.11. The third kappa shape index (κ3) is 6.23. The number of ether oxygens (including phenoxy) is 2. The van der Waals surface area contributed by atoms with Crippen molar-refractivity contribution in [2.75, 3.05) is 14.2 Å². The van der Waals surface area contributed by atoms with E-state index in [0.717, 1.165) is 29.9 Å². The van der Waals surface area contributed by atoms with Crippen LogP contribution in [0.4, 0.5) is 13.2 Å². The van der Waals surface area contributed by atoms with Gasteiger partial charge in [0.05, 0.1) is 31.6 Å². The number of carbonyl (C=O) groups is 2. The van der Waals surface area contributed by atoms with Crippen LogP contribution in [0.3, 0.4) is 0 Å². The Labute approximate surface area is 195 Å². The maximum absolute atomic E-state index is 13.5. The van der Waals surface area contributed by atoms with Gasteiger partial charge < -0.3 is 14.8 Å². The van der Waals surface area contributed by atoms with E-state index in [9.17, 15) is 27.6 Å². The number of alkyl halides is 3. The molecule has 0 bridgehead atoms. The molecule has 1 aromatic carbocycles. The Morgan fingerprint density at radius 3 is 2.59 bits per heavy atom. The summed E-state index contributed by atoms with van der Waals surface area (Å²) in [7, 11) is 2.31. The van der Waals surface area contributed by atoms with Gasteiger partial charge in [-0.15, -0.1) is 0 Å². The maximum atomic E-state index is 13.5. The summed E-state index contributed by atoms with van der Waals surface area (Å²) in [6.07, 6.45) is -3.41. The number of aromatic nitrogens is 2. The minimum absolute atomic E-state index is 0.00474. The van der Waals surface area contributed by atoms with Gasteiger partial charge in [-0.05, 0) is 29.8 Å². The highest BCUT2D eigenvalue weighted by molar-refractivity contribution is 6.30. The molecule has 9 nitrogen and oxygen atoms in total. The predicted octanol–water partition coefficient (Wildman–Crippen LogP) is 2.98. The largest absolute Gasteiger partial charge is 0.465 e. The number of halogens is 4. The Balaban J connectivity index is 2.53. The van der Waals surface area contributed by atoms with Crippen LogP contribution in [0.1, 0.15) is 11.3 Å². The normalized spacial score (nSPS) is 11.4. The topological polar surface area (TPSA) is 123 Å². The van der Waals surface area contributed by atoms with Crippen molar-refractivity contribution in [1.82, 2.24) is 14.9 Å². The lowest BCUT2D eigenvalue weighted by Crippen LogP contribution is -2.28. The van der Waals surface area contributed by atoms with E-state index in [1.54, 1.807) is 6.07 Å². The van der Waals surface area contributed by atoms with Crippen LogP contribution in [0.5, 0.6) is 11.5 Å². The van der Waals surface area contributed by atoms with E-state index in [0.29, 0.717) is 6.33 Å². The van der Waals surface area contributed by atoms with Crippen molar-refractivity contribution in [1.29, 1.82) is 5.26 Å². The highest BCUT2D eigenvalue weighted by Gasteiger charge is 2.38. The molecule has 0 saturated carbocycles. The zero-order chi connectivity index (χ0) is 25.6. The molecule has 0 atom stereocenters. The molecular weight excluding hydrogens is 481 g/mol. The molecule has 0 saturated heterocycles. The highest BCUT2D eigenvalue weighted by Crippen LogP contribution is 2.35. The van der Waals surface area contributed by atoms with Crippen molar-refractivity contribution in [3.05, 3.63) is 75.0 Å². The predicted molar refractivity (Wildman–Crippen MR) is 113 cm³/mol. The number of nitrogens with zero attached hydrogens (tertiary/aromatic N) is 3. The zero-order valence-electron chi connectivity index (χ0n) is 17.7. The number of likely N-dealkylation sites (N-methyl/N-ethyl adjacent to an activating group) is 1. The van der Waals surface area contributed by atoms with E-state index >= 15 is 0 Å². The van der Waals surface area contributed by atoms with E-state index in [4.69, 9.17) is 21.6 Å². The molecule has 0 fully saturated rings. The van der Waals surface area contributed by atoms with Gasteiger partial charge in [-0.1, -0.05) is 18.2 Å². The number of benzene rings is 1. The number of nitriles is 1. The Morgan fingerprint density at radius 1 is 1.35 bits per heavy atom. The van der Waals surface area contributed by atoms with Crippen LogP contribution in [0, 0.1) is 11.3 Å². The van der Waals surface area contributed by atoms with Gasteiger partial charge in [0, 0.05) is 12.1 Å². The van der Waals surface area contributed by atoms with Gasteiger partial charge in [-0.2, -0.15) is 18.4 Å². The summed E-state index contributed by atoms with van der Waals surface area (Å²) in [5.74, 6) is -3.25. The summed E-state index contributed by atoms with van der Waals surface area (Å²) < 4.78 is 50.9. The lowest BCUT2D eigenvalue weighted by molar-refractivity contribution is -0.142. The number of nitrogens with one attached hydrogen (secondary N) is 1. The number of hydrogen-bond acceptors (Lipinski definition) is 7. The molecule has 1 heterocycles. The van der Waals surface area contributed by atoms with Gasteiger partial charge in [-0.25, -0.2) is 9.78 Å². The van der Waals surface area contributed by atoms with E-state index in [1.165, 1.54) is 13.1 Å². The summed E-state index contributed by atoms with van der Waals surface area (Å²) in [5, 5.41) is 11.2. The molecule has 0 aliphatic rings. The summed E-state index contributed by atoms with van der Waals surface area (Å²) >= 11 is 5.85. The molecule has 0 unspecified atom stereocenters. The zero-order valence-corrected chi connectivity index (χ0v) is 18.5. The van der Waals surface area contributed by atoms with E-state index in [2.05, 4.69) is 21.6 Å². The number of carbonyl (C=O) groups excluding carboxylic acids is 2. The van der Waals surface area contributed by atoms with Gasteiger partial charge in [0.25, 0.3) is 11.5 Å². The molecule has 34 heavy (non-hydrogen) atoms. The fraction of sp³-hybridized carbons (Fsp3) is 0.190. The van der Waals surface area contributed by atoms with Crippen molar-refractivity contribution < 1.29 is 32.2 Å². The molecule has 0 aliphatic heterocycles. The molecule has 2 rings (SSSR count). The van der Waals surface area contributed by atoms with Crippen LogP contribution in [0.25, 0.3) is 0 Å². The van der Waals surface area contributed by atoms with Crippen molar-refractivity contribution >= 4 is 23.5 Å². The average Bonchev–Trinajstić information content (AvgIpc) is 2.77. The first-order chi connectivity index (χ1) is 15.9. The van der Waals surface area contributed by atoms with Crippen LogP contribution in [0.15, 0.2) is 53.1 Å². The minimum atomic E-state index is -5.04. The van der Waals surface area contributed by atoms with Crippen LogP contribution < -0.4 is 15.6 Å². The third-order valence-corrected chi connectivity index (χ3v) is 4.30. The van der Waals surface area contributed by atoms with E-state index in [1.807, 2.05) is 0 Å². The summed E-state index contributed by atoms with van der Waals surface area (Å²) in [4.78, 5) is 39.8. The summed E-state index contributed by atoms with van der Waals surface area (Å²) in [6.45, 7) is 3.17. The first kappa shape index (κ1) is 26.1. The lowest BCUT2D eigenvalue weighted by atomic mass is 10.1. The van der Waals surface area contributed by atoms with E-state index in [-0.39, 0.29) is 21.9 Å². The maximum Gasteiger partial charge on any atom is 0.437 e. The molecule has 0 radical (unpaired) electrons. The van der Waals surface area contributed by atoms with Gasteiger partial charge in [0.2, 0.25) is 5.75 Å². The Bertz CT molecular complexity index is 1260. The Morgan fingerprint density at radius 2 is 2.03 bits per heavy atom. The fourth-order valence-corrected chi connectivity index (χ4v) is 2.84. The van der Waals surface area contributed by atoms with Crippen LogP contribution in [0.2, 0.25) is 5.02 Å². The monoisotopic (exact) mass is 496 g/mol. The Kier molecular flexibility index (Phi) is 8.21. The SMILES string of the molecule is C=C(/C=C(\C(=O)NC)C(=O)OC)Cn1cnc(C(F)(F)F)c(Oc2cc(Cl)cc(C#N)c2)c1=O. The molecule has 178 valence electrons. The number of hydrogen-bond donors (Lipinski definition) is 1. The fourth-order valence-electron chi connectivity index (χ4n) is 2.61. The first-order valence-corrected chi connectivity index (χ1v) is 9.54. The summed E-state index contributed by atoms with van der Waals surface area (Å²) in [6, 6.07) is 5.23. The molecule has 1 aromatic heterocycles. The molecule has 0 aliphatic carbocycles. The molecular formula is C21H16ClF3N4O5. The second kappa shape index (κ2) is 10.7. The second-order valence-corrected chi connectivity index (χ2v) is 6.97. The van der Waals surface area contributed by atoms with Crippen molar-refractivity contribution in [2.24, 2.45) is 0 Å². The van der Waals surface area contributed by atoms with E-state index < -0.39 is 47.2 Å². The quantitative estimate of drug-likeness (QED) is 0.205. The molecule has 2 aromatic rings. The van der Waals surface area contributed by atoms with Crippen molar-refractivity contribution in [3.8, 4) is 17.6 Å². The second-order valence-electron chi connectivity index (χ2n) is 6.53. The van der Waals surface area contributed by atoms with Crippen molar-refractivity contribution in [3.63, 3.8) is 0 Å². The van der Waals surface area contributed by atoms with Gasteiger partial charge >= 0.3 is 12.1 Å². The molecule has 0 spiro atoms. The smallest absolute Gasteiger partial charge is 0.437 e. The van der Waals surface area contributed by atoms with Crippen LogP contribution >= 0.6 is 11.6 Å². The first-order valence-electron chi connectivity index (χ1n) is 9.16. The van der Waals surface area contributed by atoms with Crippen molar-refractivity contribution in [2.45, 2.75) is 12.7 Å². The van der Waals surface area contributed by atoms with Crippen LogP contribution in [-0.4, -0.2) is 35.6 Å². The number of allylic oxidation sites excluding steroid dienone is 2. The molecule has 13 heteroatoms. The number of amides is 1. The summed E-state index contributed by atoms with van der Waals surface area (Å²) in [5.41, 5.74) is -3.30. The lowest BCUT2D eigenvalue weighted by Gasteiger charge is -2.15.